The average Bonchev–Trinajstić information content (AvgIpc) is 1.81. The molecule has 0 saturated heterocycles. The van der Waals surface area contributed by atoms with E-state index >= 15 is 0 Å². The summed E-state index contributed by atoms with van der Waals surface area (Å²) in [6.07, 6.45) is 3.51. The van der Waals surface area contributed by atoms with Crippen LogP contribution >= 0.6 is 11.8 Å². The molecule has 3 heteroatoms. The van der Waals surface area contributed by atoms with Crippen molar-refractivity contribution in [3.63, 3.8) is 0 Å². The summed E-state index contributed by atoms with van der Waals surface area (Å²) in [5.41, 5.74) is 0. The highest BCUT2D eigenvalue weighted by Crippen LogP contribution is 2.13. The van der Waals surface area contributed by atoms with Gasteiger partial charge in [-0.1, -0.05) is 19.9 Å². The third-order valence-corrected chi connectivity index (χ3v) is 1.67. The van der Waals surface area contributed by atoms with Crippen LogP contribution in [0.25, 0.3) is 0 Å². The predicted octanol–water partition coefficient (Wildman–Crippen LogP) is 1.97. The van der Waals surface area contributed by atoms with Gasteiger partial charge in [-0.15, -0.1) is 11.8 Å². The Morgan fingerprint density at radius 2 is 2.10 bits per heavy atom. The lowest BCUT2D eigenvalue weighted by molar-refractivity contribution is -0.131. The number of carboxylic acids is 1. The van der Waals surface area contributed by atoms with Gasteiger partial charge < -0.3 is 5.11 Å². The van der Waals surface area contributed by atoms with Crippen molar-refractivity contribution in [2.24, 2.45) is 5.92 Å². The van der Waals surface area contributed by atoms with Crippen LogP contribution in [-0.4, -0.2) is 17.3 Å². The van der Waals surface area contributed by atoms with Crippen molar-refractivity contribution in [2.75, 3.05) is 6.26 Å². The Labute approximate surface area is 65.3 Å². The zero-order valence-electron chi connectivity index (χ0n) is 6.42. The Hall–Kier alpha value is -0.440. The molecule has 0 fully saturated rings. The fourth-order valence-electron chi connectivity index (χ4n) is 0.529. The Kier molecular flexibility index (Phi) is 4.19. The lowest BCUT2D eigenvalue weighted by atomic mass is 10.2. The molecule has 0 bridgehead atoms. The number of allylic oxidation sites excluding steroid dienone is 1. The van der Waals surface area contributed by atoms with Crippen LogP contribution in [0, 0.1) is 5.92 Å². The lowest BCUT2D eigenvalue weighted by Crippen LogP contribution is -1.97. The molecule has 0 aromatic carbocycles. The Morgan fingerprint density at radius 3 is 2.20 bits per heavy atom. The number of carbonyl (C=O) groups is 1. The molecular formula is C7H12O2S. The van der Waals surface area contributed by atoms with Gasteiger partial charge in [-0.05, 0) is 12.2 Å². The number of hydrogen-bond acceptors (Lipinski definition) is 2. The summed E-state index contributed by atoms with van der Waals surface area (Å²) in [4.78, 5) is 10.8. The molecule has 0 aromatic heterocycles. The van der Waals surface area contributed by atoms with Gasteiger partial charge in [0.25, 0.3) is 0 Å². The molecule has 1 N–H and O–H groups in total. The third-order valence-electron chi connectivity index (χ3n) is 0.915. The van der Waals surface area contributed by atoms with Crippen LogP contribution in [0.5, 0.6) is 0 Å². The highest BCUT2D eigenvalue weighted by molar-refractivity contribution is 8.03. The molecule has 0 unspecified atom stereocenters. The maximum atomic E-state index is 10.4. The first-order chi connectivity index (χ1) is 4.57. The fraction of sp³-hybridized carbons (Fsp3) is 0.571. The minimum absolute atomic E-state index is 0.304. The summed E-state index contributed by atoms with van der Waals surface area (Å²) in [5.74, 6) is -0.528. The van der Waals surface area contributed by atoms with Crippen molar-refractivity contribution in [3.05, 3.63) is 11.0 Å². The number of thioether (sulfide) groups is 1. The molecule has 0 atom stereocenters. The summed E-state index contributed by atoms with van der Waals surface area (Å²) in [6.45, 7) is 3.92. The second-order valence-corrected chi connectivity index (χ2v) is 3.13. The van der Waals surface area contributed by atoms with E-state index in [0.717, 1.165) is 0 Å². The van der Waals surface area contributed by atoms with E-state index in [-0.39, 0.29) is 0 Å². The molecule has 2 nitrogen and oxygen atoms in total. The molecule has 0 amide bonds. The van der Waals surface area contributed by atoms with E-state index in [1.165, 1.54) is 11.8 Å². The summed E-state index contributed by atoms with van der Waals surface area (Å²) in [7, 11) is 0. The molecule has 58 valence electrons. The zero-order chi connectivity index (χ0) is 8.15. The van der Waals surface area contributed by atoms with Crippen molar-refractivity contribution >= 4 is 17.7 Å². The van der Waals surface area contributed by atoms with Gasteiger partial charge in [0, 0.05) is 0 Å². The summed E-state index contributed by atoms with van der Waals surface area (Å²) in [6, 6.07) is 0. The van der Waals surface area contributed by atoms with Crippen molar-refractivity contribution in [2.45, 2.75) is 13.8 Å². The van der Waals surface area contributed by atoms with Crippen molar-refractivity contribution in [1.82, 2.24) is 0 Å². The van der Waals surface area contributed by atoms with E-state index in [1.54, 1.807) is 12.3 Å². The molecule has 0 aliphatic heterocycles. The molecule has 0 aliphatic rings. The fourth-order valence-corrected chi connectivity index (χ4v) is 1.11. The largest absolute Gasteiger partial charge is 0.477 e. The Balaban J connectivity index is 4.19. The first kappa shape index (κ1) is 9.56. The predicted molar refractivity (Wildman–Crippen MR) is 44.1 cm³/mol. The number of carboxylic acid groups (broad SMARTS) is 1. The zero-order valence-corrected chi connectivity index (χ0v) is 7.23. The molecule has 10 heavy (non-hydrogen) atoms. The second kappa shape index (κ2) is 4.39. The Bertz CT molecular complexity index is 150. The minimum atomic E-state index is -0.832. The number of aliphatic carboxylic acids is 1. The van der Waals surface area contributed by atoms with Crippen molar-refractivity contribution in [3.8, 4) is 0 Å². The maximum absolute atomic E-state index is 10.4. The van der Waals surface area contributed by atoms with E-state index < -0.39 is 5.97 Å². The van der Waals surface area contributed by atoms with Gasteiger partial charge in [-0.3, -0.25) is 0 Å². The minimum Gasteiger partial charge on any atom is -0.477 e. The van der Waals surface area contributed by atoms with Crippen molar-refractivity contribution in [1.29, 1.82) is 0 Å². The van der Waals surface area contributed by atoms with Crippen LogP contribution in [0.15, 0.2) is 11.0 Å². The molecule has 0 spiro atoms. The third kappa shape index (κ3) is 3.56. The number of hydrogen-bond donors (Lipinski definition) is 1. The lowest BCUT2D eigenvalue weighted by Gasteiger charge is -1.98. The smallest absolute Gasteiger partial charge is 0.341 e. The van der Waals surface area contributed by atoms with Crippen molar-refractivity contribution < 1.29 is 9.90 Å². The normalized spacial score (nSPS) is 12.2. The molecule has 0 rings (SSSR count). The molecule has 0 aliphatic carbocycles. The van der Waals surface area contributed by atoms with Crippen LogP contribution in [0.3, 0.4) is 0 Å². The van der Waals surface area contributed by atoms with E-state index in [0.29, 0.717) is 10.8 Å². The number of rotatable bonds is 3. The molecule has 0 aromatic rings. The highest BCUT2D eigenvalue weighted by atomic mass is 32.2. The van der Waals surface area contributed by atoms with Crippen LogP contribution < -0.4 is 0 Å². The van der Waals surface area contributed by atoms with Gasteiger partial charge in [0.15, 0.2) is 0 Å². The van der Waals surface area contributed by atoms with Gasteiger partial charge in [0.05, 0.1) is 4.91 Å². The SMILES string of the molecule is CS/C(=C\C(C)C)C(=O)O. The summed E-state index contributed by atoms with van der Waals surface area (Å²) >= 11 is 1.27. The van der Waals surface area contributed by atoms with E-state index in [1.807, 2.05) is 13.8 Å². The standard InChI is InChI=1S/C7H12O2S/c1-5(2)4-6(10-3)7(8)9/h4-5H,1-3H3,(H,8,9)/b6-4-. The quantitative estimate of drug-likeness (QED) is 0.641. The van der Waals surface area contributed by atoms with E-state index in [4.69, 9.17) is 5.11 Å². The van der Waals surface area contributed by atoms with Crippen LogP contribution in [-0.2, 0) is 4.79 Å². The van der Waals surface area contributed by atoms with E-state index in [9.17, 15) is 4.79 Å². The van der Waals surface area contributed by atoms with Gasteiger partial charge >= 0.3 is 5.97 Å². The van der Waals surface area contributed by atoms with Gasteiger partial charge in [-0.25, -0.2) is 4.79 Å². The molecule has 0 radical (unpaired) electrons. The topological polar surface area (TPSA) is 37.3 Å². The van der Waals surface area contributed by atoms with Crippen LogP contribution in [0.1, 0.15) is 13.8 Å². The van der Waals surface area contributed by atoms with Crippen LogP contribution in [0.2, 0.25) is 0 Å². The van der Waals surface area contributed by atoms with Crippen LogP contribution in [0.4, 0.5) is 0 Å². The monoisotopic (exact) mass is 160 g/mol. The first-order valence-electron chi connectivity index (χ1n) is 3.07. The van der Waals surface area contributed by atoms with Gasteiger partial charge in [0.2, 0.25) is 0 Å². The molecule has 0 saturated carbocycles. The summed E-state index contributed by atoms with van der Waals surface area (Å²) < 4.78 is 0. The molecule has 0 heterocycles. The van der Waals surface area contributed by atoms with Gasteiger partial charge in [0.1, 0.15) is 0 Å². The summed E-state index contributed by atoms with van der Waals surface area (Å²) in [5, 5.41) is 8.53. The Morgan fingerprint density at radius 1 is 1.60 bits per heavy atom. The first-order valence-corrected chi connectivity index (χ1v) is 4.29. The average molecular weight is 160 g/mol. The second-order valence-electron chi connectivity index (χ2n) is 2.28. The highest BCUT2D eigenvalue weighted by Gasteiger charge is 2.04. The maximum Gasteiger partial charge on any atom is 0.341 e. The van der Waals surface area contributed by atoms with E-state index in [2.05, 4.69) is 0 Å². The molecular weight excluding hydrogens is 148 g/mol. The van der Waals surface area contributed by atoms with Gasteiger partial charge in [-0.2, -0.15) is 0 Å².